The van der Waals surface area contributed by atoms with Gasteiger partial charge in [-0.15, -0.1) is 0 Å². The lowest BCUT2D eigenvalue weighted by Crippen LogP contribution is -2.13. The molecule has 0 aliphatic heterocycles. The van der Waals surface area contributed by atoms with Crippen LogP contribution < -0.4 is 4.72 Å². The van der Waals surface area contributed by atoms with Gasteiger partial charge in [0.05, 0.1) is 10.5 Å². The first-order chi connectivity index (χ1) is 9.79. The maximum absolute atomic E-state index is 12.3. The molecule has 2 N–H and O–H groups in total. The number of nitrogens with one attached hydrogen (secondary N) is 1. The normalized spacial score (nSPS) is 11.1. The van der Waals surface area contributed by atoms with E-state index in [1.807, 2.05) is 13.8 Å². The lowest BCUT2D eigenvalue weighted by atomic mass is 10.1. The smallest absolute Gasteiger partial charge is 0.335 e. The summed E-state index contributed by atoms with van der Waals surface area (Å²) in [7, 11) is -3.68. The summed E-state index contributed by atoms with van der Waals surface area (Å²) >= 11 is 0. The average Bonchev–Trinajstić information content (AvgIpc) is 2.42. The minimum atomic E-state index is -3.68. The Balaban J connectivity index is 2.28. The highest BCUT2D eigenvalue weighted by Gasteiger charge is 2.15. The Kier molecular flexibility index (Phi) is 3.99. The van der Waals surface area contributed by atoms with Gasteiger partial charge in [-0.2, -0.15) is 0 Å². The van der Waals surface area contributed by atoms with Crippen LogP contribution in [0.1, 0.15) is 21.5 Å². The van der Waals surface area contributed by atoms with E-state index in [1.165, 1.54) is 30.3 Å². The Morgan fingerprint density at radius 3 is 2.14 bits per heavy atom. The molecular formula is C15H15NO4S. The zero-order chi connectivity index (χ0) is 15.6. The molecule has 6 heteroatoms. The highest BCUT2D eigenvalue weighted by Crippen LogP contribution is 2.19. The maximum Gasteiger partial charge on any atom is 0.335 e. The summed E-state index contributed by atoms with van der Waals surface area (Å²) in [5.74, 6) is -1.06. The minimum absolute atomic E-state index is 0.101. The lowest BCUT2D eigenvalue weighted by Gasteiger charge is -2.10. The molecule has 2 aromatic rings. The number of hydrogen-bond donors (Lipinski definition) is 2. The molecule has 0 radical (unpaired) electrons. The third kappa shape index (κ3) is 3.41. The molecule has 0 fully saturated rings. The molecule has 0 atom stereocenters. The van der Waals surface area contributed by atoms with Crippen LogP contribution in [-0.4, -0.2) is 19.5 Å². The van der Waals surface area contributed by atoms with Gasteiger partial charge in [0.1, 0.15) is 0 Å². The van der Waals surface area contributed by atoms with Crippen LogP contribution >= 0.6 is 0 Å². The number of carbonyl (C=O) groups is 1. The van der Waals surface area contributed by atoms with Gasteiger partial charge in [-0.1, -0.05) is 6.07 Å². The van der Waals surface area contributed by atoms with E-state index in [0.29, 0.717) is 5.69 Å². The minimum Gasteiger partial charge on any atom is -0.478 e. The largest absolute Gasteiger partial charge is 0.478 e. The Hall–Kier alpha value is -2.34. The van der Waals surface area contributed by atoms with Gasteiger partial charge in [0, 0.05) is 5.69 Å². The fourth-order valence-corrected chi connectivity index (χ4v) is 2.92. The number of hydrogen-bond acceptors (Lipinski definition) is 3. The van der Waals surface area contributed by atoms with Gasteiger partial charge in [0.15, 0.2) is 0 Å². The molecule has 0 bridgehead atoms. The van der Waals surface area contributed by atoms with E-state index in [0.717, 1.165) is 11.1 Å². The van der Waals surface area contributed by atoms with E-state index in [1.54, 1.807) is 12.1 Å². The van der Waals surface area contributed by atoms with Crippen LogP contribution in [0.5, 0.6) is 0 Å². The Morgan fingerprint density at radius 2 is 1.62 bits per heavy atom. The standard InChI is InChI=1S/C15H15NO4S/c1-10-3-8-14(9-11(10)2)21(19,20)16-13-6-4-12(5-7-13)15(17)18/h3-9,16H,1-2H3,(H,17,18). The summed E-state index contributed by atoms with van der Waals surface area (Å²) in [6, 6.07) is 10.4. The third-order valence-electron chi connectivity index (χ3n) is 3.17. The molecule has 0 aliphatic carbocycles. The topological polar surface area (TPSA) is 83.5 Å². The van der Waals surface area contributed by atoms with Crippen LogP contribution in [0.15, 0.2) is 47.4 Å². The van der Waals surface area contributed by atoms with Crippen molar-refractivity contribution in [3.05, 3.63) is 59.2 Å². The predicted molar refractivity (Wildman–Crippen MR) is 80.1 cm³/mol. The maximum atomic E-state index is 12.3. The second-order valence-corrected chi connectivity index (χ2v) is 6.42. The number of carboxylic acid groups (broad SMARTS) is 1. The number of aryl methyl sites for hydroxylation is 2. The van der Waals surface area contributed by atoms with Crippen molar-refractivity contribution in [3.8, 4) is 0 Å². The van der Waals surface area contributed by atoms with Gasteiger partial charge >= 0.3 is 5.97 Å². The molecule has 0 saturated heterocycles. The van der Waals surface area contributed by atoms with Gasteiger partial charge in [-0.3, -0.25) is 4.72 Å². The van der Waals surface area contributed by atoms with Crippen molar-refractivity contribution in [3.63, 3.8) is 0 Å². The van der Waals surface area contributed by atoms with E-state index < -0.39 is 16.0 Å². The van der Waals surface area contributed by atoms with Crippen LogP contribution in [0.3, 0.4) is 0 Å². The van der Waals surface area contributed by atoms with Crippen LogP contribution in [-0.2, 0) is 10.0 Å². The average molecular weight is 305 g/mol. The Labute approximate surface area is 123 Å². The van der Waals surface area contributed by atoms with E-state index in [2.05, 4.69) is 4.72 Å². The first kappa shape index (κ1) is 15.1. The molecular weight excluding hydrogens is 290 g/mol. The molecule has 0 heterocycles. The number of benzene rings is 2. The fourth-order valence-electron chi connectivity index (χ4n) is 1.78. The molecule has 0 unspecified atom stereocenters. The summed E-state index contributed by atoms with van der Waals surface area (Å²) in [5, 5.41) is 8.80. The summed E-state index contributed by atoms with van der Waals surface area (Å²) in [5.41, 5.74) is 2.32. The zero-order valence-corrected chi connectivity index (χ0v) is 12.4. The molecule has 2 rings (SSSR count). The number of anilines is 1. The van der Waals surface area contributed by atoms with Crippen molar-refractivity contribution >= 4 is 21.7 Å². The number of rotatable bonds is 4. The molecule has 5 nitrogen and oxygen atoms in total. The second-order valence-electron chi connectivity index (χ2n) is 4.73. The quantitative estimate of drug-likeness (QED) is 0.909. The first-order valence-corrected chi connectivity index (χ1v) is 7.71. The number of carboxylic acids is 1. The second kappa shape index (κ2) is 5.57. The molecule has 0 spiro atoms. The van der Waals surface area contributed by atoms with E-state index in [4.69, 9.17) is 5.11 Å². The monoisotopic (exact) mass is 305 g/mol. The van der Waals surface area contributed by atoms with Crippen LogP contribution in [0, 0.1) is 13.8 Å². The predicted octanol–water partition coefficient (Wildman–Crippen LogP) is 2.80. The van der Waals surface area contributed by atoms with Crippen LogP contribution in [0.4, 0.5) is 5.69 Å². The molecule has 0 aromatic heterocycles. The van der Waals surface area contributed by atoms with E-state index >= 15 is 0 Å². The van der Waals surface area contributed by atoms with Crippen molar-refractivity contribution in [1.29, 1.82) is 0 Å². The van der Waals surface area contributed by atoms with Crippen LogP contribution in [0.2, 0.25) is 0 Å². The summed E-state index contributed by atoms with van der Waals surface area (Å²) in [6.07, 6.45) is 0. The zero-order valence-electron chi connectivity index (χ0n) is 11.6. The van der Waals surface area contributed by atoms with E-state index in [9.17, 15) is 13.2 Å². The lowest BCUT2D eigenvalue weighted by molar-refractivity contribution is 0.0697. The van der Waals surface area contributed by atoms with Crippen molar-refractivity contribution in [1.82, 2.24) is 0 Å². The van der Waals surface area contributed by atoms with Crippen molar-refractivity contribution in [2.75, 3.05) is 4.72 Å². The molecule has 0 aliphatic rings. The molecule has 2 aromatic carbocycles. The summed E-state index contributed by atoms with van der Waals surface area (Å²) < 4.78 is 26.9. The van der Waals surface area contributed by atoms with Crippen molar-refractivity contribution in [2.24, 2.45) is 0 Å². The van der Waals surface area contributed by atoms with Crippen LogP contribution in [0.25, 0.3) is 0 Å². The number of sulfonamides is 1. The van der Waals surface area contributed by atoms with Gasteiger partial charge in [0.2, 0.25) is 0 Å². The Morgan fingerprint density at radius 1 is 1.00 bits per heavy atom. The first-order valence-electron chi connectivity index (χ1n) is 6.23. The molecule has 21 heavy (non-hydrogen) atoms. The number of aromatic carboxylic acids is 1. The van der Waals surface area contributed by atoms with E-state index in [-0.39, 0.29) is 10.5 Å². The highest BCUT2D eigenvalue weighted by molar-refractivity contribution is 7.92. The Bertz CT molecular complexity index is 780. The fraction of sp³-hybridized carbons (Fsp3) is 0.133. The summed E-state index contributed by atoms with van der Waals surface area (Å²) in [6.45, 7) is 3.75. The molecule has 110 valence electrons. The van der Waals surface area contributed by atoms with Gasteiger partial charge in [0.25, 0.3) is 10.0 Å². The van der Waals surface area contributed by atoms with Gasteiger partial charge < -0.3 is 5.11 Å². The SMILES string of the molecule is Cc1ccc(S(=O)(=O)Nc2ccc(C(=O)O)cc2)cc1C. The highest BCUT2D eigenvalue weighted by atomic mass is 32.2. The third-order valence-corrected chi connectivity index (χ3v) is 4.55. The van der Waals surface area contributed by atoms with Crippen molar-refractivity contribution < 1.29 is 18.3 Å². The molecule has 0 saturated carbocycles. The van der Waals surface area contributed by atoms with Gasteiger partial charge in [-0.25, -0.2) is 13.2 Å². The molecule has 0 amide bonds. The van der Waals surface area contributed by atoms with Crippen molar-refractivity contribution in [2.45, 2.75) is 18.7 Å². The van der Waals surface area contributed by atoms with Gasteiger partial charge in [-0.05, 0) is 61.4 Å². The summed E-state index contributed by atoms with van der Waals surface area (Å²) in [4.78, 5) is 10.9.